The van der Waals surface area contributed by atoms with E-state index in [-0.39, 0.29) is 5.82 Å². The number of rotatable bonds is 1. The van der Waals surface area contributed by atoms with Gasteiger partial charge < -0.3 is 0 Å². The number of hydrogen-bond acceptors (Lipinski definition) is 1. The van der Waals surface area contributed by atoms with Gasteiger partial charge in [-0.15, -0.1) is 11.3 Å². The number of halogens is 3. The molecule has 0 unspecified atom stereocenters. The number of benzene rings is 1. The molecule has 0 aliphatic heterocycles. The maximum atomic E-state index is 12.8. The monoisotopic (exact) mass is 246 g/mol. The first-order valence-corrected chi connectivity index (χ1v) is 5.50. The zero-order valence-corrected chi connectivity index (χ0v) is 9.26. The van der Waals surface area contributed by atoms with Crippen LogP contribution < -0.4 is 0 Å². The van der Waals surface area contributed by atoms with E-state index in [1.54, 1.807) is 6.07 Å². The average Bonchev–Trinajstić information content (AvgIpc) is 2.51. The fourth-order valence-corrected chi connectivity index (χ4v) is 2.33. The summed E-state index contributed by atoms with van der Waals surface area (Å²) in [7, 11) is 0. The van der Waals surface area contributed by atoms with Gasteiger partial charge in [-0.3, -0.25) is 0 Å². The van der Waals surface area contributed by atoms with Crippen LogP contribution in [0.4, 0.5) is 4.39 Å². The molecule has 0 spiro atoms. The van der Waals surface area contributed by atoms with Crippen molar-refractivity contribution in [3.63, 3.8) is 0 Å². The van der Waals surface area contributed by atoms with Crippen LogP contribution in [-0.2, 0) is 0 Å². The van der Waals surface area contributed by atoms with E-state index < -0.39 is 0 Å². The van der Waals surface area contributed by atoms with Crippen molar-refractivity contribution in [1.82, 2.24) is 0 Å². The van der Waals surface area contributed by atoms with Crippen LogP contribution in [0.15, 0.2) is 29.6 Å². The van der Waals surface area contributed by atoms with Crippen LogP contribution >= 0.6 is 34.5 Å². The molecule has 2 aromatic rings. The number of thiophene rings is 1. The summed E-state index contributed by atoms with van der Waals surface area (Å²) in [5.41, 5.74) is 1.72. The van der Waals surface area contributed by atoms with Crippen LogP contribution in [0, 0.1) is 5.82 Å². The molecule has 72 valence electrons. The van der Waals surface area contributed by atoms with Crippen LogP contribution in [0.25, 0.3) is 11.1 Å². The molecule has 14 heavy (non-hydrogen) atoms. The molecule has 0 saturated carbocycles. The van der Waals surface area contributed by atoms with Gasteiger partial charge in [0.2, 0.25) is 0 Å². The SMILES string of the molecule is Fc1ccc(-c2csc(Cl)c2)c(Cl)c1. The first-order valence-electron chi connectivity index (χ1n) is 3.86. The molecule has 4 heteroatoms. The van der Waals surface area contributed by atoms with Crippen molar-refractivity contribution >= 4 is 34.5 Å². The molecule has 0 nitrogen and oxygen atoms in total. The molecule has 0 atom stereocenters. The van der Waals surface area contributed by atoms with Gasteiger partial charge in [0.15, 0.2) is 0 Å². The quantitative estimate of drug-likeness (QED) is 0.674. The Hall–Kier alpha value is -0.570. The van der Waals surface area contributed by atoms with Gasteiger partial charge in [0.1, 0.15) is 5.82 Å². The summed E-state index contributed by atoms with van der Waals surface area (Å²) >= 11 is 13.1. The summed E-state index contributed by atoms with van der Waals surface area (Å²) in [5.74, 6) is -0.333. The smallest absolute Gasteiger partial charge is 0.124 e. The highest BCUT2D eigenvalue weighted by Gasteiger charge is 2.06. The minimum atomic E-state index is -0.333. The first-order chi connectivity index (χ1) is 6.66. The summed E-state index contributed by atoms with van der Waals surface area (Å²) < 4.78 is 13.5. The maximum absolute atomic E-state index is 12.8. The summed E-state index contributed by atoms with van der Waals surface area (Å²) in [5, 5.41) is 2.29. The third-order valence-corrected chi connectivity index (χ3v) is 3.21. The largest absolute Gasteiger partial charge is 0.207 e. The summed E-state index contributed by atoms with van der Waals surface area (Å²) in [4.78, 5) is 0. The van der Waals surface area contributed by atoms with Crippen LogP contribution in [0.1, 0.15) is 0 Å². The van der Waals surface area contributed by atoms with Crippen molar-refractivity contribution in [2.75, 3.05) is 0 Å². The molecule has 0 bridgehead atoms. The summed E-state index contributed by atoms with van der Waals surface area (Å²) in [6.45, 7) is 0. The molecule has 0 fully saturated rings. The van der Waals surface area contributed by atoms with E-state index in [9.17, 15) is 4.39 Å². The van der Waals surface area contributed by atoms with Gasteiger partial charge in [-0.25, -0.2) is 4.39 Å². The van der Waals surface area contributed by atoms with E-state index in [1.807, 2.05) is 11.4 Å². The highest BCUT2D eigenvalue weighted by atomic mass is 35.5. The molecule has 0 amide bonds. The van der Waals surface area contributed by atoms with Crippen molar-refractivity contribution < 1.29 is 4.39 Å². The van der Waals surface area contributed by atoms with E-state index >= 15 is 0 Å². The van der Waals surface area contributed by atoms with Gasteiger partial charge in [0.25, 0.3) is 0 Å². The van der Waals surface area contributed by atoms with Crippen molar-refractivity contribution in [2.45, 2.75) is 0 Å². The normalized spacial score (nSPS) is 10.5. The minimum absolute atomic E-state index is 0.333. The zero-order chi connectivity index (χ0) is 10.1. The molecule has 2 rings (SSSR count). The lowest BCUT2D eigenvalue weighted by molar-refractivity contribution is 0.628. The topological polar surface area (TPSA) is 0 Å². The third kappa shape index (κ3) is 1.92. The van der Waals surface area contributed by atoms with Gasteiger partial charge in [-0.2, -0.15) is 0 Å². The molecule has 0 aliphatic rings. The molecule has 0 aliphatic carbocycles. The Morgan fingerprint density at radius 2 is 1.93 bits per heavy atom. The number of hydrogen-bond donors (Lipinski definition) is 0. The lowest BCUT2D eigenvalue weighted by atomic mass is 10.1. The van der Waals surface area contributed by atoms with E-state index in [0.29, 0.717) is 9.36 Å². The Bertz CT molecular complexity index is 465. The van der Waals surface area contributed by atoms with Gasteiger partial charge in [-0.05, 0) is 29.8 Å². The summed E-state index contributed by atoms with van der Waals surface area (Å²) in [6, 6.07) is 6.14. The van der Waals surface area contributed by atoms with Crippen LogP contribution in [0.3, 0.4) is 0 Å². The van der Waals surface area contributed by atoms with Crippen LogP contribution in [0.5, 0.6) is 0 Å². The van der Waals surface area contributed by atoms with Gasteiger partial charge in [0, 0.05) is 10.9 Å². The highest BCUT2D eigenvalue weighted by molar-refractivity contribution is 7.14. The second kappa shape index (κ2) is 3.89. The Labute approximate surface area is 94.9 Å². The predicted molar refractivity (Wildman–Crippen MR) is 59.7 cm³/mol. The Morgan fingerprint density at radius 1 is 1.14 bits per heavy atom. The molecule has 1 aromatic heterocycles. The predicted octanol–water partition coefficient (Wildman–Crippen LogP) is 4.86. The third-order valence-electron chi connectivity index (χ3n) is 1.81. The van der Waals surface area contributed by atoms with Crippen LogP contribution in [0.2, 0.25) is 9.36 Å². The standard InChI is InChI=1S/C10H5Cl2FS/c11-9-4-7(13)1-2-8(9)6-3-10(12)14-5-6/h1-5H. The summed E-state index contributed by atoms with van der Waals surface area (Å²) in [6.07, 6.45) is 0. The van der Waals surface area contributed by atoms with Crippen molar-refractivity contribution in [3.05, 3.63) is 44.8 Å². The zero-order valence-electron chi connectivity index (χ0n) is 6.93. The Morgan fingerprint density at radius 3 is 2.50 bits per heavy atom. The fourth-order valence-electron chi connectivity index (χ4n) is 1.17. The van der Waals surface area contributed by atoms with Gasteiger partial charge >= 0.3 is 0 Å². The Kier molecular flexibility index (Phi) is 2.77. The molecular formula is C10H5Cl2FS. The average molecular weight is 247 g/mol. The second-order valence-corrected chi connectivity index (χ2v) is 4.71. The molecule has 1 aromatic carbocycles. The van der Waals surface area contributed by atoms with Crippen molar-refractivity contribution in [2.24, 2.45) is 0 Å². The van der Waals surface area contributed by atoms with Gasteiger partial charge in [0.05, 0.1) is 9.36 Å². The molecule has 1 heterocycles. The molecule has 0 N–H and O–H groups in total. The Balaban J connectivity index is 2.52. The van der Waals surface area contributed by atoms with Gasteiger partial charge in [-0.1, -0.05) is 23.2 Å². The lowest BCUT2D eigenvalue weighted by Crippen LogP contribution is -1.78. The molecular weight excluding hydrogens is 242 g/mol. The molecule has 0 saturated heterocycles. The second-order valence-electron chi connectivity index (χ2n) is 2.76. The van der Waals surface area contributed by atoms with E-state index in [1.165, 1.54) is 23.5 Å². The van der Waals surface area contributed by atoms with Crippen LogP contribution in [-0.4, -0.2) is 0 Å². The first kappa shape index (κ1) is 9.97. The van der Waals surface area contributed by atoms with Crippen molar-refractivity contribution in [3.8, 4) is 11.1 Å². The van der Waals surface area contributed by atoms with E-state index in [0.717, 1.165) is 11.1 Å². The maximum Gasteiger partial charge on any atom is 0.124 e. The minimum Gasteiger partial charge on any atom is -0.207 e. The highest BCUT2D eigenvalue weighted by Crippen LogP contribution is 2.33. The fraction of sp³-hybridized carbons (Fsp3) is 0. The van der Waals surface area contributed by atoms with Crippen molar-refractivity contribution in [1.29, 1.82) is 0 Å². The van der Waals surface area contributed by atoms with E-state index in [2.05, 4.69) is 0 Å². The lowest BCUT2D eigenvalue weighted by Gasteiger charge is -2.00. The van der Waals surface area contributed by atoms with E-state index in [4.69, 9.17) is 23.2 Å². The molecule has 0 radical (unpaired) electrons.